The Balaban J connectivity index is 1.98. The third-order valence-electron chi connectivity index (χ3n) is 3.33. The zero-order chi connectivity index (χ0) is 12.1. The van der Waals surface area contributed by atoms with Crippen molar-refractivity contribution in [1.29, 1.82) is 5.26 Å². The number of hydrogen-bond donors (Lipinski definition) is 1. The van der Waals surface area contributed by atoms with E-state index in [1.807, 2.05) is 18.2 Å². The molecule has 17 heavy (non-hydrogen) atoms. The molecular weight excluding hydrogens is 210 g/mol. The second-order valence-electron chi connectivity index (χ2n) is 4.69. The topological polar surface area (TPSA) is 39.1 Å². The van der Waals surface area contributed by atoms with Crippen LogP contribution in [0.25, 0.3) is 0 Å². The van der Waals surface area contributed by atoms with E-state index in [2.05, 4.69) is 29.3 Å². The van der Waals surface area contributed by atoms with Gasteiger partial charge in [0.2, 0.25) is 0 Å². The molecule has 0 amide bonds. The molecule has 1 heterocycles. The molecule has 1 fully saturated rings. The first-order valence-electron chi connectivity index (χ1n) is 6.23. The predicted molar refractivity (Wildman–Crippen MR) is 68.9 cm³/mol. The molecule has 1 aromatic carbocycles. The molecule has 2 rings (SSSR count). The van der Waals surface area contributed by atoms with Gasteiger partial charge in [-0.2, -0.15) is 5.26 Å². The largest absolute Gasteiger partial charge is 0.314 e. The Labute approximate surface area is 103 Å². The van der Waals surface area contributed by atoms with Crippen molar-refractivity contribution in [3.63, 3.8) is 0 Å². The Morgan fingerprint density at radius 2 is 2.18 bits per heavy atom. The van der Waals surface area contributed by atoms with Gasteiger partial charge >= 0.3 is 0 Å². The Morgan fingerprint density at radius 3 is 2.88 bits per heavy atom. The van der Waals surface area contributed by atoms with Gasteiger partial charge in [0.05, 0.1) is 11.6 Å². The molecule has 1 saturated heterocycles. The van der Waals surface area contributed by atoms with Crippen molar-refractivity contribution in [3.05, 3.63) is 35.4 Å². The van der Waals surface area contributed by atoms with Gasteiger partial charge in [0.1, 0.15) is 0 Å². The van der Waals surface area contributed by atoms with Crippen molar-refractivity contribution in [2.75, 3.05) is 32.7 Å². The summed E-state index contributed by atoms with van der Waals surface area (Å²) in [6.07, 6.45) is 0. The molecule has 0 spiro atoms. The van der Waals surface area contributed by atoms with Gasteiger partial charge in [-0.1, -0.05) is 19.1 Å². The van der Waals surface area contributed by atoms with Crippen LogP contribution in [0.1, 0.15) is 24.0 Å². The second-order valence-corrected chi connectivity index (χ2v) is 4.69. The first-order valence-corrected chi connectivity index (χ1v) is 6.23. The van der Waals surface area contributed by atoms with Crippen LogP contribution in [-0.4, -0.2) is 37.6 Å². The molecule has 1 aliphatic heterocycles. The molecule has 1 atom stereocenters. The average molecular weight is 229 g/mol. The van der Waals surface area contributed by atoms with Crippen LogP contribution in [0.2, 0.25) is 0 Å². The van der Waals surface area contributed by atoms with Gasteiger partial charge in [0.25, 0.3) is 0 Å². The minimum Gasteiger partial charge on any atom is -0.314 e. The van der Waals surface area contributed by atoms with Crippen molar-refractivity contribution in [2.24, 2.45) is 0 Å². The van der Waals surface area contributed by atoms with E-state index in [1.54, 1.807) is 0 Å². The van der Waals surface area contributed by atoms with E-state index in [1.165, 1.54) is 5.56 Å². The molecule has 3 heteroatoms. The molecule has 0 aliphatic carbocycles. The minimum absolute atomic E-state index is 0.487. The Hall–Kier alpha value is -1.37. The fraction of sp³-hybridized carbons (Fsp3) is 0.500. The summed E-state index contributed by atoms with van der Waals surface area (Å²) in [5.74, 6) is 0.487. The maximum atomic E-state index is 8.90. The monoisotopic (exact) mass is 229 g/mol. The van der Waals surface area contributed by atoms with E-state index in [-0.39, 0.29) is 0 Å². The van der Waals surface area contributed by atoms with Gasteiger partial charge in [-0.15, -0.1) is 0 Å². The molecule has 1 aromatic rings. The average Bonchev–Trinajstić information content (AvgIpc) is 2.40. The van der Waals surface area contributed by atoms with Crippen molar-refractivity contribution in [2.45, 2.75) is 12.8 Å². The highest BCUT2D eigenvalue weighted by Crippen LogP contribution is 2.17. The quantitative estimate of drug-likeness (QED) is 0.855. The Morgan fingerprint density at radius 1 is 1.41 bits per heavy atom. The maximum Gasteiger partial charge on any atom is 0.0991 e. The summed E-state index contributed by atoms with van der Waals surface area (Å²) in [6.45, 7) is 7.75. The highest BCUT2D eigenvalue weighted by Gasteiger charge is 2.14. The first-order chi connectivity index (χ1) is 8.29. The second kappa shape index (κ2) is 5.81. The summed E-state index contributed by atoms with van der Waals surface area (Å²) in [7, 11) is 0. The van der Waals surface area contributed by atoms with Crippen molar-refractivity contribution in [3.8, 4) is 6.07 Å². The molecule has 0 bridgehead atoms. The predicted octanol–water partition coefficient (Wildman–Crippen LogP) is 1.57. The van der Waals surface area contributed by atoms with Crippen LogP contribution in [0.4, 0.5) is 0 Å². The third kappa shape index (κ3) is 3.29. The normalized spacial score (nSPS) is 18.6. The Bertz CT molecular complexity index is 402. The van der Waals surface area contributed by atoms with Crippen molar-refractivity contribution >= 4 is 0 Å². The van der Waals surface area contributed by atoms with E-state index in [0.29, 0.717) is 5.92 Å². The van der Waals surface area contributed by atoms with E-state index >= 15 is 0 Å². The zero-order valence-corrected chi connectivity index (χ0v) is 10.3. The Kier molecular flexibility index (Phi) is 4.13. The molecule has 0 radical (unpaired) electrons. The number of nitrogens with one attached hydrogen (secondary N) is 1. The lowest BCUT2D eigenvalue weighted by atomic mass is 9.98. The van der Waals surface area contributed by atoms with Gasteiger partial charge in [-0.25, -0.2) is 0 Å². The summed E-state index contributed by atoms with van der Waals surface area (Å²) < 4.78 is 0. The van der Waals surface area contributed by atoms with Gasteiger partial charge in [0, 0.05) is 32.7 Å². The fourth-order valence-electron chi connectivity index (χ4n) is 2.30. The molecule has 0 saturated carbocycles. The number of piperazine rings is 1. The highest BCUT2D eigenvalue weighted by atomic mass is 15.2. The number of nitriles is 1. The van der Waals surface area contributed by atoms with Crippen LogP contribution in [0.5, 0.6) is 0 Å². The number of hydrogen-bond acceptors (Lipinski definition) is 3. The zero-order valence-electron chi connectivity index (χ0n) is 10.3. The summed E-state index contributed by atoms with van der Waals surface area (Å²) >= 11 is 0. The summed E-state index contributed by atoms with van der Waals surface area (Å²) in [5, 5.41) is 12.3. The van der Waals surface area contributed by atoms with Gasteiger partial charge in [0.15, 0.2) is 0 Å². The standard InChI is InChI=1S/C14H19N3/c1-12(11-17-7-5-16-6-8-17)14-4-2-3-13(9-14)10-15/h2-4,9,12,16H,5-8,11H2,1H3. The lowest BCUT2D eigenvalue weighted by Crippen LogP contribution is -2.44. The van der Waals surface area contributed by atoms with Crippen LogP contribution in [0.15, 0.2) is 24.3 Å². The van der Waals surface area contributed by atoms with Gasteiger partial charge in [-0.3, -0.25) is 0 Å². The lowest BCUT2D eigenvalue weighted by Gasteiger charge is -2.29. The maximum absolute atomic E-state index is 8.90. The van der Waals surface area contributed by atoms with Gasteiger partial charge < -0.3 is 10.2 Å². The number of rotatable bonds is 3. The number of nitrogens with zero attached hydrogens (tertiary/aromatic N) is 2. The van der Waals surface area contributed by atoms with Gasteiger partial charge in [-0.05, 0) is 23.6 Å². The van der Waals surface area contributed by atoms with E-state index < -0.39 is 0 Å². The van der Waals surface area contributed by atoms with Crippen LogP contribution < -0.4 is 5.32 Å². The molecule has 1 unspecified atom stereocenters. The third-order valence-corrected chi connectivity index (χ3v) is 3.33. The molecule has 90 valence electrons. The van der Waals surface area contributed by atoms with Crippen molar-refractivity contribution < 1.29 is 0 Å². The molecule has 0 aromatic heterocycles. The van der Waals surface area contributed by atoms with Crippen LogP contribution >= 0.6 is 0 Å². The molecule has 1 N–H and O–H groups in total. The highest BCUT2D eigenvalue weighted by molar-refractivity contribution is 5.34. The van der Waals surface area contributed by atoms with Crippen LogP contribution in [0, 0.1) is 11.3 Å². The fourth-order valence-corrected chi connectivity index (χ4v) is 2.30. The molecule has 3 nitrogen and oxygen atoms in total. The smallest absolute Gasteiger partial charge is 0.0991 e. The summed E-state index contributed by atoms with van der Waals surface area (Å²) in [5.41, 5.74) is 2.03. The first kappa shape index (κ1) is 12.1. The number of benzene rings is 1. The van der Waals surface area contributed by atoms with Crippen molar-refractivity contribution in [1.82, 2.24) is 10.2 Å². The van der Waals surface area contributed by atoms with E-state index in [9.17, 15) is 0 Å². The summed E-state index contributed by atoms with van der Waals surface area (Å²) in [4.78, 5) is 2.49. The lowest BCUT2D eigenvalue weighted by molar-refractivity contribution is 0.230. The summed E-state index contributed by atoms with van der Waals surface area (Å²) in [6, 6.07) is 10.2. The van der Waals surface area contributed by atoms with Crippen LogP contribution in [-0.2, 0) is 0 Å². The van der Waals surface area contributed by atoms with E-state index in [4.69, 9.17) is 5.26 Å². The molecule has 1 aliphatic rings. The minimum atomic E-state index is 0.487. The SMILES string of the molecule is CC(CN1CCNCC1)c1cccc(C#N)c1. The van der Waals surface area contributed by atoms with Crippen LogP contribution in [0.3, 0.4) is 0 Å². The molecular formula is C14H19N3. The van der Waals surface area contributed by atoms with E-state index in [0.717, 1.165) is 38.3 Å².